The summed E-state index contributed by atoms with van der Waals surface area (Å²) in [6.45, 7) is 7.29. The minimum atomic E-state index is -0.261. The Morgan fingerprint density at radius 3 is 2.71 bits per heavy atom. The zero-order valence-corrected chi connectivity index (χ0v) is 18.4. The van der Waals surface area contributed by atoms with Crippen LogP contribution in [0.5, 0.6) is 0 Å². The van der Waals surface area contributed by atoms with Crippen molar-refractivity contribution in [2.75, 3.05) is 42.9 Å². The van der Waals surface area contributed by atoms with Crippen LogP contribution in [-0.2, 0) is 6.54 Å². The lowest BCUT2D eigenvalue weighted by Crippen LogP contribution is -2.52. The molecule has 31 heavy (non-hydrogen) atoms. The standard InChI is InChI=1S/C23H27N5O2S/c1-2-24-23(28-12-10-27(11-13-28)21-9-5-15-31-21)25-17-18-6-3-7-19(16-18)26-22(29)20-8-4-14-30-20/h3-9,14-16H,2,10-13,17H2,1H3,(H,24,25)(H,26,29). The van der Waals surface area contributed by atoms with E-state index in [0.29, 0.717) is 12.3 Å². The van der Waals surface area contributed by atoms with E-state index in [0.717, 1.165) is 49.9 Å². The second kappa shape index (κ2) is 10.2. The van der Waals surface area contributed by atoms with Crippen LogP contribution in [0, 0.1) is 0 Å². The molecule has 1 fully saturated rings. The smallest absolute Gasteiger partial charge is 0.291 e. The predicted molar refractivity (Wildman–Crippen MR) is 126 cm³/mol. The van der Waals surface area contributed by atoms with Crippen LogP contribution >= 0.6 is 11.3 Å². The first-order valence-corrected chi connectivity index (χ1v) is 11.4. The number of amides is 1. The summed E-state index contributed by atoms with van der Waals surface area (Å²) in [5.41, 5.74) is 1.76. The van der Waals surface area contributed by atoms with Crippen molar-refractivity contribution in [3.63, 3.8) is 0 Å². The number of piperazine rings is 1. The average molecular weight is 438 g/mol. The van der Waals surface area contributed by atoms with Gasteiger partial charge >= 0.3 is 0 Å². The van der Waals surface area contributed by atoms with Crippen LogP contribution in [-0.4, -0.2) is 49.5 Å². The fraction of sp³-hybridized carbons (Fsp3) is 0.304. The number of hydrogen-bond acceptors (Lipinski definition) is 5. The largest absolute Gasteiger partial charge is 0.459 e. The lowest BCUT2D eigenvalue weighted by molar-refractivity contribution is 0.0996. The Bertz CT molecular complexity index is 993. The monoisotopic (exact) mass is 437 g/mol. The number of furan rings is 1. The molecular formula is C23H27N5O2S. The second-order valence-electron chi connectivity index (χ2n) is 7.23. The van der Waals surface area contributed by atoms with E-state index in [1.165, 1.54) is 11.3 Å². The summed E-state index contributed by atoms with van der Waals surface area (Å²) in [6.07, 6.45) is 1.49. The molecule has 1 aliphatic rings. The van der Waals surface area contributed by atoms with Crippen molar-refractivity contribution in [2.45, 2.75) is 13.5 Å². The highest BCUT2D eigenvalue weighted by Gasteiger charge is 2.20. The number of anilines is 2. The molecule has 2 N–H and O–H groups in total. The van der Waals surface area contributed by atoms with Gasteiger partial charge in [-0.15, -0.1) is 11.3 Å². The highest BCUT2D eigenvalue weighted by Crippen LogP contribution is 2.22. The van der Waals surface area contributed by atoms with Crippen LogP contribution < -0.4 is 15.5 Å². The van der Waals surface area contributed by atoms with Crippen LogP contribution in [0.2, 0.25) is 0 Å². The lowest BCUT2D eigenvalue weighted by atomic mass is 10.2. The topological polar surface area (TPSA) is 73.1 Å². The summed E-state index contributed by atoms with van der Waals surface area (Å²) >= 11 is 1.79. The summed E-state index contributed by atoms with van der Waals surface area (Å²) in [4.78, 5) is 21.8. The molecule has 1 amide bonds. The number of guanidine groups is 1. The van der Waals surface area contributed by atoms with E-state index in [1.54, 1.807) is 23.5 Å². The normalized spacial score (nSPS) is 14.5. The molecule has 0 atom stereocenters. The zero-order valence-electron chi connectivity index (χ0n) is 17.6. The fourth-order valence-corrected chi connectivity index (χ4v) is 4.31. The third-order valence-corrected chi connectivity index (χ3v) is 6.00. The van der Waals surface area contributed by atoms with E-state index in [1.807, 2.05) is 24.3 Å². The minimum absolute atomic E-state index is 0.261. The van der Waals surface area contributed by atoms with E-state index in [4.69, 9.17) is 9.41 Å². The van der Waals surface area contributed by atoms with Gasteiger partial charge in [-0.1, -0.05) is 12.1 Å². The number of nitrogens with one attached hydrogen (secondary N) is 2. The average Bonchev–Trinajstić information content (AvgIpc) is 3.52. The highest BCUT2D eigenvalue weighted by molar-refractivity contribution is 7.14. The maximum atomic E-state index is 12.2. The molecule has 0 unspecified atom stereocenters. The number of aliphatic imine (C=N–C) groups is 1. The van der Waals surface area contributed by atoms with Crippen LogP contribution in [0.3, 0.4) is 0 Å². The van der Waals surface area contributed by atoms with E-state index in [2.05, 4.69) is 44.9 Å². The molecule has 4 rings (SSSR count). The molecule has 7 nitrogen and oxygen atoms in total. The van der Waals surface area contributed by atoms with Crippen LogP contribution in [0.4, 0.5) is 10.7 Å². The maximum absolute atomic E-state index is 12.2. The molecule has 8 heteroatoms. The SMILES string of the molecule is CCNC(=NCc1cccc(NC(=O)c2ccco2)c1)N1CCN(c2cccs2)CC1. The Morgan fingerprint density at radius 1 is 1.13 bits per heavy atom. The first-order chi connectivity index (χ1) is 15.2. The summed E-state index contributed by atoms with van der Waals surface area (Å²) in [7, 11) is 0. The Labute approximate surface area is 186 Å². The molecule has 162 valence electrons. The molecule has 1 saturated heterocycles. The third-order valence-electron chi connectivity index (χ3n) is 5.07. The van der Waals surface area contributed by atoms with E-state index < -0.39 is 0 Å². The minimum Gasteiger partial charge on any atom is -0.459 e. The zero-order chi connectivity index (χ0) is 21.5. The predicted octanol–water partition coefficient (Wildman–Crippen LogP) is 3.88. The number of carbonyl (C=O) groups excluding carboxylic acids is 1. The van der Waals surface area contributed by atoms with Gasteiger partial charge in [-0.25, -0.2) is 4.99 Å². The molecule has 0 bridgehead atoms. The van der Waals surface area contributed by atoms with E-state index in [9.17, 15) is 4.79 Å². The number of rotatable bonds is 6. The molecule has 0 radical (unpaired) electrons. The molecule has 0 spiro atoms. The summed E-state index contributed by atoms with van der Waals surface area (Å²) in [5, 5.41) is 9.73. The number of nitrogens with zero attached hydrogens (tertiary/aromatic N) is 3. The van der Waals surface area contributed by atoms with Crippen molar-refractivity contribution in [3.8, 4) is 0 Å². The van der Waals surface area contributed by atoms with Gasteiger partial charge in [0.15, 0.2) is 11.7 Å². The number of benzene rings is 1. The molecule has 1 aromatic carbocycles. The molecule has 3 heterocycles. The Balaban J connectivity index is 1.38. The van der Waals surface area contributed by atoms with Crippen molar-refractivity contribution in [1.82, 2.24) is 10.2 Å². The van der Waals surface area contributed by atoms with Crippen molar-refractivity contribution in [1.29, 1.82) is 0 Å². The third kappa shape index (κ3) is 5.46. The van der Waals surface area contributed by atoms with Gasteiger partial charge in [0.25, 0.3) is 5.91 Å². The molecule has 0 aliphatic carbocycles. The first-order valence-electron chi connectivity index (χ1n) is 10.5. The summed E-state index contributed by atoms with van der Waals surface area (Å²) in [5.74, 6) is 0.959. The molecular weight excluding hydrogens is 410 g/mol. The summed E-state index contributed by atoms with van der Waals surface area (Å²) in [6, 6.07) is 15.4. The Morgan fingerprint density at radius 2 is 2.00 bits per heavy atom. The van der Waals surface area contributed by atoms with Crippen molar-refractivity contribution >= 4 is 33.9 Å². The van der Waals surface area contributed by atoms with E-state index >= 15 is 0 Å². The fourth-order valence-electron chi connectivity index (χ4n) is 3.53. The molecule has 3 aromatic rings. The molecule has 1 aliphatic heterocycles. The van der Waals surface area contributed by atoms with Crippen LogP contribution in [0.1, 0.15) is 23.0 Å². The maximum Gasteiger partial charge on any atom is 0.291 e. The lowest BCUT2D eigenvalue weighted by Gasteiger charge is -2.37. The number of carbonyl (C=O) groups is 1. The van der Waals surface area contributed by atoms with Gasteiger partial charge in [0.1, 0.15) is 0 Å². The summed E-state index contributed by atoms with van der Waals surface area (Å²) < 4.78 is 5.15. The van der Waals surface area contributed by atoms with Gasteiger partial charge in [-0.05, 0) is 54.3 Å². The van der Waals surface area contributed by atoms with Gasteiger partial charge in [-0.2, -0.15) is 0 Å². The first kappa shape index (κ1) is 21.0. The number of thiophene rings is 1. The second-order valence-corrected chi connectivity index (χ2v) is 8.15. The van der Waals surface area contributed by atoms with Gasteiger partial charge in [0.05, 0.1) is 17.8 Å². The Kier molecular flexibility index (Phi) is 6.89. The quantitative estimate of drug-likeness (QED) is 0.452. The Hall–Kier alpha value is -3.26. The van der Waals surface area contributed by atoms with Crippen molar-refractivity contribution in [2.24, 2.45) is 4.99 Å². The van der Waals surface area contributed by atoms with Crippen molar-refractivity contribution in [3.05, 3.63) is 71.5 Å². The van der Waals surface area contributed by atoms with E-state index in [-0.39, 0.29) is 5.91 Å². The van der Waals surface area contributed by atoms with Gasteiger partial charge < -0.3 is 24.9 Å². The van der Waals surface area contributed by atoms with Crippen LogP contribution in [0.15, 0.2) is 69.6 Å². The highest BCUT2D eigenvalue weighted by atomic mass is 32.1. The molecule has 2 aromatic heterocycles. The van der Waals surface area contributed by atoms with Gasteiger partial charge in [-0.3, -0.25) is 4.79 Å². The molecule has 0 saturated carbocycles. The van der Waals surface area contributed by atoms with Gasteiger partial charge in [0.2, 0.25) is 0 Å². The van der Waals surface area contributed by atoms with Crippen molar-refractivity contribution < 1.29 is 9.21 Å². The van der Waals surface area contributed by atoms with Gasteiger partial charge in [0, 0.05) is 38.4 Å². The van der Waals surface area contributed by atoms with Crippen LogP contribution in [0.25, 0.3) is 0 Å². The number of hydrogen-bond donors (Lipinski definition) is 2.